The zero-order valence-electron chi connectivity index (χ0n) is 15.2. The fraction of sp³-hybridized carbons (Fsp3) is 0.200. The van der Waals surface area contributed by atoms with E-state index in [9.17, 15) is 18.0 Å². The maximum atomic E-state index is 13.3. The number of carbonyl (C=O) groups excluding carboxylic acids is 1. The van der Waals surface area contributed by atoms with Crippen LogP contribution in [0.3, 0.4) is 0 Å². The van der Waals surface area contributed by atoms with Gasteiger partial charge in [0.1, 0.15) is 11.4 Å². The van der Waals surface area contributed by atoms with Crippen molar-refractivity contribution < 1.29 is 22.7 Å². The second-order valence-electron chi connectivity index (χ2n) is 6.22. The van der Waals surface area contributed by atoms with Crippen LogP contribution < -0.4 is 10.1 Å². The number of benzene rings is 2. The number of hydrogen-bond acceptors (Lipinski definition) is 3. The number of carbonyl (C=O) groups is 1. The van der Waals surface area contributed by atoms with E-state index in [4.69, 9.17) is 4.74 Å². The van der Waals surface area contributed by atoms with E-state index >= 15 is 0 Å². The van der Waals surface area contributed by atoms with E-state index in [0.29, 0.717) is 5.75 Å². The summed E-state index contributed by atoms with van der Waals surface area (Å²) in [4.78, 5) is 12.3. The highest BCUT2D eigenvalue weighted by Crippen LogP contribution is 2.39. The molecular weight excluding hydrogens is 371 g/mol. The third-order valence-corrected chi connectivity index (χ3v) is 4.28. The Morgan fingerprint density at radius 3 is 2.50 bits per heavy atom. The van der Waals surface area contributed by atoms with E-state index in [1.54, 1.807) is 30.3 Å². The molecule has 0 saturated heterocycles. The SMILES string of the molecule is Cc1cccc(OCC(=O)Nc2n[nH]c(C(F)(F)F)c2-c2ccccc2)c1C. The van der Waals surface area contributed by atoms with Gasteiger partial charge in [-0.3, -0.25) is 9.89 Å². The summed E-state index contributed by atoms with van der Waals surface area (Å²) in [6.07, 6.45) is -4.64. The van der Waals surface area contributed by atoms with Gasteiger partial charge in [0.25, 0.3) is 5.91 Å². The van der Waals surface area contributed by atoms with Crippen LogP contribution in [0.5, 0.6) is 5.75 Å². The molecule has 5 nitrogen and oxygen atoms in total. The van der Waals surface area contributed by atoms with E-state index < -0.39 is 17.8 Å². The molecule has 1 heterocycles. The largest absolute Gasteiger partial charge is 0.483 e. The second kappa shape index (κ2) is 7.75. The predicted molar refractivity (Wildman–Crippen MR) is 99.1 cm³/mol. The average Bonchev–Trinajstić information content (AvgIpc) is 3.07. The molecule has 1 aromatic heterocycles. The fourth-order valence-corrected chi connectivity index (χ4v) is 2.72. The lowest BCUT2D eigenvalue weighted by Gasteiger charge is -2.12. The first-order chi connectivity index (χ1) is 13.3. The number of halogens is 3. The van der Waals surface area contributed by atoms with Gasteiger partial charge in [0.05, 0.1) is 5.56 Å². The predicted octanol–water partition coefficient (Wildman–Crippen LogP) is 4.73. The lowest BCUT2D eigenvalue weighted by atomic mass is 10.1. The quantitative estimate of drug-likeness (QED) is 0.663. The molecule has 0 aliphatic heterocycles. The zero-order valence-corrected chi connectivity index (χ0v) is 15.2. The number of amides is 1. The van der Waals surface area contributed by atoms with Crippen LogP contribution >= 0.6 is 0 Å². The highest BCUT2D eigenvalue weighted by Gasteiger charge is 2.38. The van der Waals surface area contributed by atoms with Gasteiger partial charge in [-0.25, -0.2) is 0 Å². The number of aromatic nitrogens is 2. The molecule has 146 valence electrons. The number of alkyl halides is 3. The first kappa shape index (κ1) is 19.5. The Kier molecular flexibility index (Phi) is 5.39. The second-order valence-corrected chi connectivity index (χ2v) is 6.22. The Bertz CT molecular complexity index is 982. The maximum Gasteiger partial charge on any atom is 0.433 e. The van der Waals surface area contributed by atoms with Crippen molar-refractivity contribution in [1.82, 2.24) is 10.2 Å². The number of aromatic amines is 1. The van der Waals surface area contributed by atoms with E-state index in [0.717, 1.165) is 11.1 Å². The van der Waals surface area contributed by atoms with Gasteiger partial charge in [-0.05, 0) is 36.6 Å². The number of hydrogen-bond donors (Lipinski definition) is 2. The van der Waals surface area contributed by atoms with Crippen LogP contribution in [0, 0.1) is 13.8 Å². The molecule has 0 atom stereocenters. The first-order valence-corrected chi connectivity index (χ1v) is 8.47. The zero-order chi connectivity index (χ0) is 20.3. The Morgan fingerprint density at radius 1 is 1.11 bits per heavy atom. The van der Waals surface area contributed by atoms with E-state index in [-0.39, 0.29) is 23.6 Å². The Morgan fingerprint density at radius 2 is 1.82 bits per heavy atom. The number of ether oxygens (including phenoxy) is 1. The van der Waals surface area contributed by atoms with Crippen molar-refractivity contribution in [1.29, 1.82) is 0 Å². The molecular formula is C20H18F3N3O2. The van der Waals surface area contributed by atoms with E-state index in [2.05, 4.69) is 10.4 Å². The molecule has 2 N–H and O–H groups in total. The lowest BCUT2D eigenvalue weighted by Crippen LogP contribution is -2.21. The smallest absolute Gasteiger partial charge is 0.433 e. The van der Waals surface area contributed by atoms with Crippen LogP contribution in [0.25, 0.3) is 11.1 Å². The van der Waals surface area contributed by atoms with Crippen LogP contribution in [-0.2, 0) is 11.0 Å². The van der Waals surface area contributed by atoms with Crippen LogP contribution in [0.4, 0.5) is 19.0 Å². The first-order valence-electron chi connectivity index (χ1n) is 8.47. The summed E-state index contributed by atoms with van der Waals surface area (Å²) < 4.78 is 45.5. The molecule has 3 aromatic rings. The summed E-state index contributed by atoms with van der Waals surface area (Å²) >= 11 is 0. The number of aryl methyl sites for hydroxylation is 1. The molecule has 0 unspecified atom stereocenters. The minimum Gasteiger partial charge on any atom is -0.483 e. The summed E-state index contributed by atoms with van der Waals surface area (Å²) in [5, 5.41) is 8.03. The van der Waals surface area contributed by atoms with Gasteiger partial charge in [0.15, 0.2) is 12.4 Å². The molecule has 0 spiro atoms. The number of anilines is 1. The summed E-state index contributed by atoms with van der Waals surface area (Å²) in [5.74, 6) is -0.275. The van der Waals surface area contributed by atoms with E-state index in [1.165, 1.54) is 12.1 Å². The molecule has 28 heavy (non-hydrogen) atoms. The van der Waals surface area contributed by atoms with Crippen LogP contribution in [0.1, 0.15) is 16.8 Å². The van der Waals surface area contributed by atoms with Crippen molar-refractivity contribution in [3.05, 3.63) is 65.4 Å². The molecule has 8 heteroatoms. The summed E-state index contributed by atoms with van der Waals surface area (Å²) in [6, 6.07) is 13.4. The van der Waals surface area contributed by atoms with Crippen molar-refractivity contribution in [3.63, 3.8) is 0 Å². The molecule has 0 saturated carbocycles. The minimum absolute atomic E-state index is 0.201. The van der Waals surface area contributed by atoms with Crippen molar-refractivity contribution in [3.8, 4) is 16.9 Å². The molecule has 0 fully saturated rings. The fourth-order valence-electron chi connectivity index (χ4n) is 2.72. The van der Waals surface area contributed by atoms with Gasteiger partial charge in [-0.2, -0.15) is 18.3 Å². The highest BCUT2D eigenvalue weighted by atomic mass is 19.4. The third kappa shape index (κ3) is 4.16. The number of nitrogens with zero attached hydrogens (tertiary/aromatic N) is 1. The Labute approximate surface area is 159 Å². The van der Waals surface area contributed by atoms with Crippen LogP contribution in [0.2, 0.25) is 0 Å². The van der Waals surface area contributed by atoms with Gasteiger partial charge in [-0.15, -0.1) is 0 Å². The summed E-state index contributed by atoms with van der Waals surface area (Å²) in [6.45, 7) is 3.42. The van der Waals surface area contributed by atoms with E-state index in [1.807, 2.05) is 25.0 Å². The van der Waals surface area contributed by atoms with Gasteiger partial charge in [-0.1, -0.05) is 42.5 Å². The molecule has 1 amide bonds. The number of H-pyrrole nitrogens is 1. The van der Waals surface area contributed by atoms with Gasteiger partial charge < -0.3 is 10.1 Å². The topological polar surface area (TPSA) is 67.0 Å². The van der Waals surface area contributed by atoms with Gasteiger partial charge >= 0.3 is 6.18 Å². The normalized spacial score (nSPS) is 11.3. The van der Waals surface area contributed by atoms with Gasteiger partial charge in [0.2, 0.25) is 0 Å². The number of rotatable bonds is 5. The molecule has 0 aliphatic carbocycles. The van der Waals surface area contributed by atoms with Crippen molar-refractivity contribution in [2.24, 2.45) is 0 Å². The van der Waals surface area contributed by atoms with Crippen molar-refractivity contribution in [2.45, 2.75) is 20.0 Å². The molecule has 2 aromatic carbocycles. The Balaban J connectivity index is 1.81. The highest BCUT2D eigenvalue weighted by molar-refractivity contribution is 5.95. The van der Waals surface area contributed by atoms with Gasteiger partial charge in [0, 0.05) is 0 Å². The Hall–Kier alpha value is -3.29. The maximum absolute atomic E-state index is 13.3. The molecule has 0 radical (unpaired) electrons. The lowest BCUT2D eigenvalue weighted by molar-refractivity contribution is -0.140. The summed E-state index contributed by atoms with van der Waals surface area (Å²) in [5.41, 5.74) is 0.942. The standard InChI is InChI=1S/C20H18F3N3O2/c1-12-7-6-10-15(13(12)2)28-11-16(27)24-19-17(14-8-4-3-5-9-14)18(25-26-19)20(21,22)23/h3-10H,11H2,1-2H3,(H2,24,25,26,27). The minimum atomic E-state index is -4.64. The van der Waals surface area contributed by atoms with Crippen molar-refractivity contribution in [2.75, 3.05) is 11.9 Å². The van der Waals surface area contributed by atoms with Crippen LogP contribution in [0.15, 0.2) is 48.5 Å². The number of nitrogens with one attached hydrogen (secondary N) is 2. The average molecular weight is 389 g/mol. The van der Waals surface area contributed by atoms with Crippen LogP contribution in [-0.4, -0.2) is 22.7 Å². The molecule has 3 rings (SSSR count). The monoisotopic (exact) mass is 389 g/mol. The molecule has 0 aliphatic rings. The third-order valence-electron chi connectivity index (χ3n) is 4.28. The van der Waals surface area contributed by atoms with Crippen molar-refractivity contribution >= 4 is 11.7 Å². The summed E-state index contributed by atoms with van der Waals surface area (Å²) in [7, 11) is 0. The molecule has 0 bridgehead atoms.